The lowest BCUT2D eigenvalue weighted by Crippen LogP contribution is -2.40. The summed E-state index contributed by atoms with van der Waals surface area (Å²) >= 11 is 0. The van der Waals surface area contributed by atoms with Crippen LogP contribution < -0.4 is 11.1 Å². The van der Waals surface area contributed by atoms with Crippen LogP contribution in [0.15, 0.2) is 24.3 Å². The number of hydrogen-bond acceptors (Lipinski definition) is 5. The van der Waals surface area contributed by atoms with E-state index < -0.39 is 19.5 Å². The van der Waals surface area contributed by atoms with Crippen LogP contribution in [0.5, 0.6) is 0 Å². The first-order valence-corrected chi connectivity index (χ1v) is 9.24. The molecule has 0 spiro atoms. The highest BCUT2D eigenvalue weighted by Crippen LogP contribution is 2.53. The van der Waals surface area contributed by atoms with Crippen molar-refractivity contribution >= 4 is 19.2 Å². The summed E-state index contributed by atoms with van der Waals surface area (Å²) in [4.78, 5) is 11.6. The fraction of sp³-hybridized carbons (Fsp3) is 0.533. The molecule has 1 heterocycles. The molecule has 22 heavy (non-hydrogen) atoms. The average Bonchev–Trinajstić information content (AvgIpc) is 2.47. The average molecular weight is 326 g/mol. The van der Waals surface area contributed by atoms with E-state index in [0.29, 0.717) is 19.6 Å². The Hall–Kier alpha value is -1.36. The number of nitrogens with two attached hydrogens (primary N) is 1. The third-order valence-corrected chi connectivity index (χ3v) is 5.88. The normalized spacial score (nSPS) is 21.0. The summed E-state index contributed by atoms with van der Waals surface area (Å²) in [5.41, 5.74) is 7.30. The zero-order valence-electron chi connectivity index (χ0n) is 13.0. The van der Waals surface area contributed by atoms with Gasteiger partial charge >= 0.3 is 7.60 Å². The number of benzene rings is 1. The van der Waals surface area contributed by atoms with Crippen LogP contribution in [0.3, 0.4) is 0 Å². The Labute approximate surface area is 130 Å². The first-order chi connectivity index (χ1) is 10.5. The number of anilines is 1. The van der Waals surface area contributed by atoms with Crippen molar-refractivity contribution in [1.82, 2.24) is 0 Å². The molecule has 1 aliphatic heterocycles. The number of fused-ring (bicyclic) bond motifs is 1. The Morgan fingerprint density at radius 2 is 1.95 bits per heavy atom. The van der Waals surface area contributed by atoms with Gasteiger partial charge in [-0.2, -0.15) is 0 Å². The van der Waals surface area contributed by atoms with Gasteiger partial charge in [0.1, 0.15) is 6.04 Å². The summed E-state index contributed by atoms with van der Waals surface area (Å²) in [5, 5.41) is 3.13. The van der Waals surface area contributed by atoms with E-state index in [9.17, 15) is 9.36 Å². The highest BCUT2D eigenvalue weighted by molar-refractivity contribution is 7.53. The molecular weight excluding hydrogens is 303 g/mol. The number of carbonyl (C=O) groups is 1. The van der Waals surface area contributed by atoms with Gasteiger partial charge in [-0.1, -0.05) is 18.2 Å². The quantitative estimate of drug-likeness (QED) is 0.752. The van der Waals surface area contributed by atoms with Crippen LogP contribution in [0.2, 0.25) is 0 Å². The van der Waals surface area contributed by atoms with Gasteiger partial charge in [0.05, 0.1) is 19.4 Å². The molecule has 0 saturated carbocycles. The molecule has 1 amide bonds. The molecule has 0 saturated heterocycles. The first kappa shape index (κ1) is 17.0. The summed E-state index contributed by atoms with van der Waals surface area (Å²) in [6.45, 7) is 4.22. The fourth-order valence-electron chi connectivity index (χ4n) is 2.81. The summed E-state index contributed by atoms with van der Waals surface area (Å²) in [5.74, 6) is -0.513. The van der Waals surface area contributed by atoms with E-state index in [1.165, 1.54) is 0 Å². The number of nitrogens with one attached hydrogen (secondary N) is 1. The van der Waals surface area contributed by atoms with Gasteiger partial charge in [0, 0.05) is 5.69 Å². The summed E-state index contributed by atoms with van der Waals surface area (Å²) in [6.07, 6.45) is 0.730. The van der Waals surface area contributed by atoms with Crippen LogP contribution in [0, 0.1) is 0 Å². The summed E-state index contributed by atoms with van der Waals surface area (Å²) in [6, 6.07) is 7.19. The van der Waals surface area contributed by atoms with E-state index in [-0.39, 0.29) is 12.1 Å². The maximum absolute atomic E-state index is 12.8. The van der Waals surface area contributed by atoms with Crippen molar-refractivity contribution in [1.29, 1.82) is 0 Å². The standard InChI is InChI=1S/C15H23N2O4P/c1-3-20-22(19,21-4-2)10-11-9-14(15(16)18)17-13-8-6-5-7-12(11)13/h5-8,11,14,17H,3-4,9-10H2,1-2H3,(H2,16,18). The second-order valence-corrected chi connectivity index (χ2v) is 7.35. The largest absolute Gasteiger partial charge is 0.373 e. The molecule has 3 N–H and O–H groups in total. The molecule has 2 atom stereocenters. The second kappa shape index (κ2) is 7.27. The molecule has 0 fully saturated rings. The SMILES string of the molecule is CCOP(=O)(CC1CC(C(N)=O)Nc2ccccc21)OCC. The van der Waals surface area contributed by atoms with Crippen LogP contribution in [0.1, 0.15) is 31.7 Å². The fourth-order valence-corrected chi connectivity index (χ4v) is 4.77. The summed E-state index contributed by atoms with van der Waals surface area (Å²) < 4.78 is 23.5. The van der Waals surface area contributed by atoms with Gasteiger partial charge in [0.15, 0.2) is 0 Å². The molecule has 0 aromatic heterocycles. The molecule has 122 valence electrons. The number of hydrogen-bond donors (Lipinski definition) is 2. The van der Waals surface area contributed by atoms with Crippen LogP contribution >= 0.6 is 7.60 Å². The third-order valence-electron chi connectivity index (χ3n) is 3.69. The molecule has 0 radical (unpaired) electrons. The number of carbonyl (C=O) groups excluding carboxylic acids is 1. The Kier molecular flexibility index (Phi) is 5.62. The van der Waals surface area contributed by atoms with Gasteiger partial charge in [0.2, 0.25) is 5.91 Å². The van der Waals surface area contributed by atoms with Gasteiger partial charge < -0.3 is 20.1 Å². The Morgan fingerprint density at radius 3 is 2.55 bits per heavy atom. The zero-order valence-corrected chi connectivity index (χ0v) is 13.8. The van der Waals surface area contributed by atoms with Crippen LogP contribution in [-0.2, 0) is 18.4 Å². The maximum Gasteiger partial charge on any atom is 0.331 e. The van der Waals surface area contributed by atoms with Gasteiger partial charge in [-0.3, -0.25) is 9.36 Å². The number of primary amides is 1. The van der Waals surface area contributed by atoms with E-state index in [4.69, 9.17) is 14.8 Å². The van der Waals surface area contributed by atoms with Gasteiger partial charge in [0.25, 0.3) is 0 Å². The third kappa shape index (κ3) is 3.88. The lowest BCUT2D eigenvalue weighted by Gasteiger charge is -2.33. The molecule has 2 unspecified atom stereocenters. The van der Waals surface area contributed by atoms with Crippen molar-refractivity contribution in [3.8, 4) is 0 Å². The molecule has 2 rings (SSSR count). The smallest absolute Gasteiger partial charge is 0.331 e. The van der Waals surface area contributed by atoms with Crippen LogP contribution in [0.4, 0.5) is 5.69 Å². The molecule has 0 bridgehead atoms. The minimum absolute atomic E-state index is 0.0983. The second-order valence-electron chi connectivity index (χ2n) is 5.25. The minimum atomic E-state index is -3.18. The predicted octanol–water partition coefficient (Wildman–Crippen LogP) is 2.71. The molecule has 1 aromatic rings. The van der Waals surface area contributed by atoms with Crippen molar-refractivity contribution < 1.29 is 18.4 Å². The van der Waals surface area contributed by atoms with E-state index in [2.05, 4.69) is 5.32 Å². The molecule has 1 aromatic carbocycles. The highest BCUT2D eigenvalue weighted by atomic mass is 31.2. The lowest BCUT2D eigenvalue weighted by molar-refractivity contribution is -0.119. The van der Waals surface area contributed by atoms with Gasteiger partial charge in [-0.25, -0.2) is 0 Å². The monoisotopic (exact) mass is 326 g/mol. The Bertz CT molecular complexity index is 568. The van der Waals surface area contributed by atoms with Crippen molar-refractivity contribution in [3.63, 3.8) is 0 Å². The zero-order chi connectivity index (χ0) is 16.2. The van der Waals surface area contributed by atoms with Crippen LogP contribution in [-0.4, -0.2) is 31.3 Å². The molecule has 7 heteroatoms. The van der Waals surface area contributed by atoms with Crippen molar-refractivity contribution in [2.75, 3.05) is 24.7 Å². The van der Waals surface area contributed by atoms with Crippen molar-refractivity contribution in [2.24, 2.45) is 5.73 Å². The lowest BCUT2D eigenvalue weighted by atomic mass is 9.88. The van der Waals surface area contributed by atoms with E-state index in [1.807, 2.05) is 24.3 Å². The molecule has 0 aliphatic carbocycles. The first-order valence-electron chi connectivity index (χ1n) is 7.52. The van der Waals surface area contributed by atoms with Crippen LogP contribution in [0.25, 0.3) is 0 Å². The van der Waals surface area contributed by atoms with Gasteiger partial charge in [-0.05, 0) is 37.8 Å². The predicted molar refractivity (Wildman–Crippen MR) is 86.1 cm³/mol. The number of rotatable bonds is 7. The topological polar surface area (TPSA) is 90.7 Å². The number of amides is 1. The van der Waals surface area contributed by atoms with E-state index in [0.717, 1.165) is 11.3 Å². The van der Waals surface area contributed by atoms with Crippen molar-refractivity contribution in [3.05, 3.63) is 29.8 Å². The molecular formula is C15H23N2O4P. The highest BCUT2D eigenvalue weighted by Gasteiger charge is 2.35. The maximum atomic E-state index is 12.8. The van der Waals surface area contributed by atoms with Gasteiger partial charge in [-0.15, -0.1) is 0 Å². The summed E-state index contributed by atoms with van der Waals surface area (Å²) in [7, 11) is -3.18. The minimum Gasteiger partial charge on any atom is -0.373 e. The van der Waals surface area contributed by atoms with Crippen molar-refractivity contribution in [2.45, 2.75) is 32.2 Å². The number of para-hydroxylation sites is 1. The van der Waals surface area contributed by atoms with E-state index >= 15 is 0 Å². The molecule has 6 nitrogen and oxygen atoms in total. The Morgan fingerprint density at radius 1 is 1.32 bits per heavy atom. The van der Waals surface area contributed by atoms with E-state index in [1.54, 1.807) is 13.8 Å². The Balaban J connectivity index is 2.28. The molecule has 1 aliphatic rings.